The first-order valence-corrected chi connectivity index (χ1v) is 14.8. The Hall–Kier alpha value is -4.53. The van der Waals surface area contributed by atoms with Crippen LogP contribution in [-0.2, 0) is 16.1 Å². The first-order valence-electron chi connectivity index (χ1n) is 13.2. The number of carbonyl (C=O) groups excluding carboxylic acids is 1. The van der Waals surface area contributed by atoms with Gasteiger partial charge in [0.2, 0.25) is 0 Å². The lowest BCUT2D eigenvalue weighted by Crippen LogP contribution is -2.39. The molecule has 3 aromatic carbocycles. The number of thiazole rings is 1. The van der Waals surface area contributed by atoms with E-state index in [1.54, 1.807) is 56.3 Å². The molecule has 0 aliphatic carbocycles. The van der Waals surface area contributed by atoms with E-state index in [1.807, 2.05) is 12.1 Å². The van der Waals surface area contributed by atoms with Crippen molar-refractivity contribution in [3.8, 4) is 17.6 Å². The summed E-state index contributed by atoms with van der Waals surface area (Å²) in [5.41, 5.74) is 2.73. The van der Waals surface area contributed by atoms with E-state index in [1.165, 1.54) is 35.1 Å². The summed E-state index contributed by atoms with van der Waals surface area (Å²) in [5.74, 6) is -0.155. The number of hydrogen-bond acceptors (Lipinski definition) is 8. The van der Waals surface area contributed by atoms with E-state index in [9.17, 15) is 19.2 Å². The summed E-state index contributed by atoms with van der Waals surface area (Å²) in [7, 11) is 1.51. The molecule has 5 rings (SSSR count). The summed E-state index contributed by atoms with van der Waals surface area (Å²) in [5, 5.41) is 9.39. The molecular weight excluding hydrogens is 637 g/mol. The number of nitriles is 1. The quantitative estimate of drug-likeness (QED) is 0.242. The summed E-state index contributed by atoms with van der Waals surface area (Å²) < 4.78 is 33.1. The largest absolute Gasteiger partial charge is 0.493 e. The maximum Gasteiger partial charge on any atom is 0.338 e. The van der Waals surface area contributed by atoms with Crippen molar-refractivity contribution in [2.45, 2.75) is 26.5 Å². The van der Waals surface area contributed by atoms with Gasteiger partial charge in [0.05, 0.1) is 51.7 Å². The first-order chi connectivity index (χ1) is 20.7. The maximum absolute atomic E-state index is 13.9. The number of benzene rings is 3. The van der Waals surface area contributed by atoms with Crippen LogP contribution < -0.4 is 24.4 Å². The van der Waals surface area contributed by atoms with Gasteiger partial charge in [-0.25, -0.2) is 14.2 Å². The second-order valence-electron chi connectivity index (χ2n) is 9.45. The second kappa shape index (κ2) is 12.8. The molecule has 8 nitrogen and oxygen atoms in total. The molecule has 0 amide bonds. The number of ether oxygens (including phenoxy) is 3. The van der Waals surface area contributed by atoms with Crippen LogP contribution in [0.4, 0.5) is 4.39 Å². The SMILES string of the molecule is CCOC(=O)C1=C(C)N=c2s/c(=C\c3cc(Br)c(OCc4ccccc4C#N)c(OC)c3)c(=O)n2[C@H]1c1ccc(F)cc1. The minimum absolute atomic E-state index is 0.150. The normalized spacial score (nSPS) is 14.5. The third kappa shape index (κ3) is 6.02. The molecule has 11 heteroatoms. The van der Waals surface area contributed by atoms with Gasteiger partial charge in [-0.05, 0) is 77.3 Å². The number of aromatic nitrogens is 1. The third-order valence-electron chi connectivity index (χ3n) is 6.76. The Labute approximate surface area is 258 Å². The molecule has 1 aliphatic heterocycles. The molecule has 2 heterocycles. The number of allylic oxidation sites excluding steroid dienone is 1. The molecule has 0 bridgehead atoms. The lowest BCUT2D eigenvalue weighted by Gasteiger charge is -2.24. The number of nitrogens with zero attached hydrogens (tertiary/aromatic N) is 3. The van der Waals surface area contributed by atoms with Crippen molar-refractivity contribution in [2.24, 2.45) is 4.99 Å². The van der Waals surface area contributed by atoms with Crippen LogP contribution in [0.15, 0.2) is 86.2 Å². The molecule has 43 heavy (non-hydrogen) atoms. The van der Waals surface area contributed by atoms with Crippen molar-refractivity contribution >= 4 is 39.3 Å². The van der Waals surface area contributed by atoms with Crippen LogP contribution in [0, 0.1) is 17.1 Å². The van der Waals surface area contributed by atoms with Gasteiger partial charge in [0.1, 0.15) is 12.4 Å². The number of esters is 1. The molecular formula is C32H25BrFN3O5S. The van der Waals surface area contributed by atoms with Gasteiger partial charge in [0.15, 0.2) is 16.3 Å². The molecule has 218 valence electrons. The molecule has 4 aromatic rings. The monoisotopic (exact) mass is 661 g/mol. The van der Waals surface area contributed by atoms with Gasteiger partial charge in [-0.15, -0.1) is 0 Å². The number of fused-ring (bicyclic) bond motifs is 1. The summed E-state index contributed by atoms with van der Waals surface area (Å²) in [6.45, 7) is 3.69. The Morgan fingerprint density at radius 2 is 1.95 bits per heavy atom. The van der Waals surface area contributed by atoms with Crippen LogP contribution in [0.5, 0.6) is 11.5 Å². The molecule has 0 radical (unpaired) electrons. The average molecular weight is 663 g/mol. The van der Waals surface area contributed by atoms with Crippen molar-refractivity contribution in [1.82, 2.24) is 4.57 Å². The number of rotatable bonds is 8. The number of carbonyl (C=O) groups is 1. The average Bonchev–Trinajstić information content (AvgIpc) is 3.30. The zero-order valence-corrected chi connectivity index (χ0v) is 25.8. The molecule has 0 saturated heterocycles. The predicted octanol–water partition coefficient (Wildman–Crippen LogP) is 5.16. The van der Waals surface area contributed by atoms with Gasteiger partial charge >= 0.3 is 5.97 Å². The Morgan fingerprint density at radius 1 is 1.21 bits per heavy atom. The fourth-order valence-corrected chi connectivity index (χ4v) is 6.39. The van der Waals surface area contributed by atoms with Crippen molar-refractivity contribution in [2.75, 3.05) is 13.7 Å². The fourth-order valence-electron chi connectivity index (χ4n) is 4.77. The van der Waals surface area contributed by atoms with Crippen LogP contribution >= 0.6 is 27.3 Å². The minimum Gasteiger partial charge on any atom is -0.493 e. The van der Waals surface area contributed by atoms with Gasteiger partial charge in [0.25, 0.3) is 5.56 Å². The Kier molecular flexibility index (Phi) is 8.89. The molecule has 0 N–H and O–H groups in total. The highest BCUT2D eigenvalue weighted by Gasteiger charge is 2.33. The second-order valence-corrected chi connectivity index (χ2v) is 11.3. The minimum atomic E-state index is -0.841. The third-order valence-corrected chi connectivity index (χ3v) is 8.33. The number of halogens is 2. The van der Waals surface area contributed by atoms with Crippen LogP contribution in [0.1, 0.15) is 42.1 Å². The molecule has 0 unspecified atom stereocenters. The van der Waals surface area contributed by atoms with E-state index >= 15 is 0 Å². The summed E-state index contributed by atoms with van der Waals surface area (Å²) in [4.78, 5) is 31.9. The van der Waals surface area contributed by atoms with Crippen molar-refractivity contribution in [3.05, 3.63) is 124 Å². The summed E-state index contributed by atoms with van der Waals surface area (Å²) in [6.07, 6.45) is 1.71. The fraction of sp³-hybridized carbons (Fsp3) is 0.188. The van der Waals surface area contributed by atoms with Gasteiger partial charge < -0.3 is 14.2 Å². The van der Waals surface area contributed by atoms with E-state index in [-0.39, 0.29) is 24.3 Å². The highest BCUT2D eigenvalue weighted by Crippen LogP contribution is 2.37. The van der Waals surface area contributed by atoms with E-state index in [4.69, 9.17) is 14.2 Å². The standard InChI is InChI=1S/C32H25BrFN3O5S/c1-4-41-31(39)27-18(2)36-32-37(28(27)20-9-11-23(34)12-10-20)30(38)26(43-32)15-19-13-24(33)29(25(14-19)40-3)42-17-22-8-6-5-7-21(22)16-35/h5-15,28H,4,17H2,1-3H3/b26-15-/t28-/m0/s1. The predicted molar refractivity (Wildman–Crippen MR) is 163 cm³/mol. The molecule has 1 aromatic heterocycles. The van der Waals surface area contributed by atoms with E-state index in [0.717, 1.165) is 5.56 Å². The first kappa shape index (κ1) is 29.9. The smallest absolute Gasteiger partial charge is 0.338 e. The van der Waals surface area contributed by atoms with Gasteiger partial charge in [-0.2, -0.15) is 5.26 Å². The van der Waals surface area contributed by atoms with Crippen LogP contribution in [0.25, 0.3) is 6.08 Å². The Morgan fingerprint density at radius 3 is 2.65 bits per heavy atom. The topological polar surface area (TPSA) is 103 Å². The lowest BCUT2D eigenvalue weighted by atomic mass is 9.96. The van der Waals surface area contributed by atoms with Crippen LogP contribution in [0.2, 0.25) is 0 Å². The zero-order valence-electron chi connectivity index (χ0n) is 23.4. The summed E-state index contributed by atoms with van der Waals surface area (Å²) in [6, 6.07) is 17.7. The molecule has 1 aliphatic rings. The lowest BCUT2D eigenvalue weighted by molar-refractivity contribution is -0.139. The highest BCUT2D eigenvalue weighted by atomic mass is 79.9. The van der Waals surface area contributed by atoms with Gasteiger partial charge in [-0.1, -0.05) is 41.7 Å². The molecule has 0 fully saturated rings. The summed E-state index contributed by atoms with van der Waals surface area (Å²) >= 11 is 4.73. The maximum atomic E-state index is 13.9. The van der Waals surface area contributed by atoms with Gasteiger partial charge in [-0.3, -0.25) is 9.36 Å². The molecule has 0 saturated carbocycles. The number of methoxy groups -OCH3 is 1. The van der Waals surface area contributed by atoms with E-state index in [2.05, 4.69) is 27.0 Å². The van der Waals surface area contributed by atoms with Crippen molar-refractivity contribution in [3.63, 3.8) is 0 Å². The van der Waals surface area contributed by atoms with Crippen LogP contribution in [-0.4, -0.2) is 24.3 Å². The van der Waals surface area contributed by atoms with Crippen molar-refractivity contribution < 1.29 is 23.4 Å². The van der Waals surface area contributed by atoms with Crippen LogP contribution in [0.3, 0.4) is 0 Å². The van der Waals surface area contributed by atoms with E-state index in [0.29, 0.717) is 47.7 Å². The van der Waals surface area contributed by atoms with Gasteiger partial charge in [0, 0.05) is 5.56 Å². The number of hydrogen-bond donors (Lipinski definition) is 0. The zero-order chi connectivity index (χ0) is 30.7. The Bertz CT molecular complexity index is 1980. The molecule has 0 spiro atoms. The van der Waals surface area contributed by atoms with Crippen molar-refractivity contribution in [1.29, 1.82) is 5.26 Å². The van der Waals surface area contributed by atoms with E-state index < -0.39 is 17.8 Å². The Balaban J connectivity index is 1.57. The molecule has 1 atom stereocenters. The highest BCUT2D eigenvalue weighted by molar-refractivity contribution is 9.10.